The molecule has 2 saturated heterocycles. The third-order valence-corrected chi connectivity index (χ3v) is 2.19. The highest BCUT2D eigenvalue weighted by molar-refractivity contribution is 5.47. The van der Waals surface area contributed by atoms with Gasteiger partial charge in [0.05, 0.1) is 19.8 Å². The fraction of sp³-hybridized carbons (Fsp3) is 0.857. The van der Waals surface area contributed by atoms with Crippen LogP contribution in [0, 0.1) is 0 Å². The molecule has 0 bridgehead atoms. The second kappa shape index (κ2) is 2.46. The van der Waals surface area contributed by atoms with Crippen LogP contribution in [0.1, 0.15) is 6.42 Å². The summed E-state index contributed by atoms with van der Waals surface area (Å²) in [4.78, 5) is 12.0. The average molecular weight is 157 g/mol. The molecule has 0 aromatic heterocycles. The summed E-state index contributed by atoms with van der Waals surface area (Å²) in [6, 6.07) is 0. The minimum Gasteiger partial charge on any atom is -0.346 e. The largest absolute Gasteiger partial charge is 0.346 e. The van der Waals surface area contributed by atoms with Crippen molar-refractivity contribution in [2.45, 2.75) is 12.2 Å². The summed E-state index contributed by atoms with van der Waals surface area (Å²) >= 11 is 0. The topological polar surface area (TPSA) is 38.8 Å². The van der Waals surface area contributed by atoms with E-state index in [0.29, 0.717) is 19.8 Å². The molecule has 0 aromatic carbocycles. The summed E-state index contributed by atoms with van der Waals surface area (Å²) in [5, 5.41) is 0. The maximum Gasteiger partial charge on any atom is 0.209 e. The molecule has 0 radical (unpaired) electrons. The Morgan fingerprint density at radius 1 is 1.36 bits per heavy atom. The summed E-state index contributed by atoms with van der Waals surface area (Å²) < 4.78 is 10.8. The van der Waals surface area contributed by atoms with Crippen LogP contribution in [-0.4, -0.2) is 43.4 Å². The number of hydrogen-bond acceptors (Lipinski definition) is 3. The van der Waals surface area contributed by atoms with Crippen molar-refractivity contribution in [2.24, 2.45) is 0 Å². The fourth-order valence-electron chi connectivity index (χ4n) is 1.60. The van der Waals surface area contributed by atoms with Crippen molar-refractivity contribution < 1.29 is 14.3 Å². The van der Waals surface area contributed by atoms with E-state index < -0.39 is 5.79 Å². The van der Waals surface area contributed by atoms with E-state index in [4.69, 9.17) is 9.47 Å². The normalized spacial score (nSPS) is 28.2. The van der Waals surface area contributed by atoms with E-state index >= 15 is 0 Å². The highest BCUT2D eigenvalue weighted by Crippen LogP contribution is 2.29. The summed E-state index contributed by atoms with van der Waals surface area (Å²) in [5.41, 5.74) is 0. The number of nitrogens with zero attached hydrogens (tertiary/aromatic N) is 1. The Bertz CT molecular complexity index is 165. The first-order valence-corrected chi connectivity index (χ1v) is 3.82. The first-order valence-electron chi connectivity index (χ1n) is 3.82. The Morgan fingerprint density at radius 3 is 2.64 bits per heavy atom. The van der Waals surface area contributed by atoms with Gasteiger partial charge in [0, 0.05) is 13.0 Å². The van der Waals surface area contributed by atoms with Gasteiger partial charge in [0.2, 0.25) is 6.41 Å². The SMILES string of the molecule is O=CN1CCC2(C1)OCCO2. The first kappa shape index (κ1) is 7.06. The summed E-state index contributed by atoms with van der Waals surface area (Å²) in [6.07, 6.45) is 1.66. The molecule has 4 nitrogen and oxygen atoms in total. The predicted octanol–water partition coefficient (Wildman–Crippen LogP) is -0.408. The van der Waals surface area contributed by atoms with Gasteiger partial charge >= 0.3 is 0 Å². The maximum atomic E-state index is 10.4. The van der Waals surface area contributed by atoms with Crippen molar-refractivity contribution >= 4 is 6.41 Å². The van der Waals surface area contributed by atoms with Crippen molar-refractivity contribution in [1.82, 2.24) is 4.90 Å². The quantitative estimate of drug-likeness (QED) is 0.486. The molecule has 1 spiro atoms. The van der Waals surface area contributed by atoms with Crippen LogP contribution in [0.2, 0.25) is 0 Å². The smallest absolute Gasteiger partial charge is 0.209 e. The Hall–Kier alpha value is -0.610. The van der Waals surface area contributed by atoms with Crippen LogP contribution >= 0.6 is 0 Å². The molecular formula is C7H11NO3. The lowest BCUT2D eigenvalue weighted by molar-refractivity contribution is -0.148. The predicted molar refractivity (Wildman–Crippen MR) is 36.9 cm³/mol. The Morgan fingerprint density at radius 2 is 2.09 bits per heavy atom. The van der Waals surface area contributed by atoms with Crippen LogP contribution in [0.5, 0.6) is 0 Å². The molecule has 62 valence electrons. The van der Waals surface area contributed by atoms with E-state index in [1.807, 2.05) is 0 Å². The molecule has 0 N–H and O–H groups in total. The molecular weight excluding hydrogens is 146 g/mol. The third kappa shape index (κ3) is 1.12. The van der Waals surface area contributed by atoms with E-state index in [2.05, 4.69) is 0 Å². The molecule has 2 aliphatic rings. The maximum absolute atomic E-state index is 10.4. The van der Waals surface area contributed by atoms with E-state index in [9.17, 15) is 4.79 Å². The third-order valence-electron chi connectivity index (χ3n) is 2.19. The second-order valence-electron chi connectivity index (χ2n) is 2.93. The van der Waals surface area contributed by atoms with Gasteiger partial charge in [-0.15, -0.1) is 0 Å². The minimum absolute atomic E-state index is 0.444. The molecule has 0 aromatic rings. The van der Waals surface area contributed by atoms with E-state index in [-0.39, 0.29) is 0 Å². The molecule has 0 saturated carbocycles. The number of hydrogen-bond donors (Lipinski definition) is 0. The summed E-state index contributed by atoms with van der Waals surface area (Å²) in [5.74, 6) is -0.444. The number of likely N-dealkylation sites (tertiary alicyclic amines) is 1. The lowest BCUT2D eigenvalue weighted by Crippen LogP contribution is -2.33. The zero-order chi connectivity index (χ0) is 7.73. The lowest BCUT2D eigenvalue weighted by atomic mass is 10.2. The average Bonchev–Trinajstić information content (AvgIpc) is 2.62. The van der Waals surface area contributed by atoms with Crippen LogP contribution in [0.25, 0.3) is 0 Å². The van der Waals surface area contributed by atoms with Crippen molar-refractivity contribution in [2.75, 3.05) is 26.3 Å². The van der Waals surface area contributed by atoms with E-state index in [1.54, 1.807) is 4.90 Å². The molecule has 0 aliphatic carbocycles. The number of rotatable bonds is 1. The highest BCUT2D eigenvalue weighted by Gasteiger charge is 2.42. The van der Waals surface area contributed by atoms with Crippen LogP contribution in [0.3, 0.4) is 0 Å². The molecule has 0 unspecified atom stereocenters. The highest BCUT2D eigenvalue weighted by atomic mass is 16.7. The standard InChI is InChI=1S/C7H11NO3/c9-6-8-2-1-7(5-8)10-3-4-11-7/h6H,1-5H2. The van der Waals surface area contributed by atoms with Gasteiger partial charge in [0.1, 0.15) is 0 Å². The molecule has 2 rings (SSSR count). The van der Waals surface area contributed by atoms with Crippen molar-refractivity contribution in [3.8, 4) is 0 Å². The Kier molecular flexibility index (Phi) is 1.58. The molecule has 2 heterocycles. The zero-order valence-corrected chi connectivity index (χ0v) is 6.28. The monoisotopic (exact) mass is 157 g/mol. The van der Waals surface area contributed by atoms with Gasteiger partial charge in [-0.05, 0) is 0 Å². The van der Waals surface area contributed by atoms with Crippen LogP contribution < -0.4 is 0 Å². The van der Waals surface area contributed by atoms with Gasteiger partial charge < -0.3 is 14.4 Å². The summed E-state index contributed by atoms with van der Waals surface area (Å²) in [6.45, 7) is 2.67. The molecule has 4 heteroatoms. The van der Waals surface area contributed by atoms with Gasteiger partial charge in [0.15, 0.2) is 5.79 Å². The number of amides is 1. The Labute approximate surface area is 65.1 Å². The second-order valence-corrected chi connectivity index (χ2v) is 2.93. The number of ether oxygens (including phenoxy) is 2. The van der Waals surface area contributed by atoms with E-state index in [0.717, 1.165) is 19.4 Å². The van der Waals surface area contributed by atoms with Gasteiger partial charge in [-0.1, -0.05) is 0 Å². The first-order chi connectivity index (χ1) is 5.35. The molecule has 0 atom stereocenters. The summed E-state index contributed by atoms with van der Waals surface area (Å²) in [7, 11) is 0. The van der Waals surface area contributed by atoms with Gasteiger partial charge in [-0.25, -0.2) is 0 Å². The Balaban J connectivity index is 2.01. The minimum atomic E-state index is -0.444. The molecule has 1 amide bonds. The zero-order valence-electron chi connectivity index (χ0n) is 6.28. The molecule has 2 fully saturated rings. The fourth-order valence-corrected chi connectivity index (χ4v) is 1.60. The van der Waals surface area contributed by atoms with Crippen LogP contribution in [0.4, 0.5) is 0 Å². The van der Waals surface area contributed by atoms with Crippen LogP contribution in [-0.2, 0) is 14.3 Å². The van der Waals surface area contributed by atoms with Crippen molar-refractivity contribution in [3.63, 3.8) is 0 Å². The van der Waals surface area contributed by atoms with Crippen LogP contribution in [0.15, 0.2) is 0 Å². The van der Waals surface area contributed by atoms with Gasteiger partial charge in [0.25, 0.3) is 0 Å². The van der Waals surface area contributed by atoms with E-state index in [1.165, 1.54) is 0 Å². The van der Waals surface area contributed by atoms with Gasteiger partial charge in [-0.3, -0.25) is 4.79 Å². The molecule has 11 heavy (non-hydrogen) atoms. The lowest BCUT2D eigenvalue weighted by Gasteiger charge is -2.20. The molecule has 2 aliphatic heterocycles. The van der Waals surface area contributed by atoms with Crippen molar-refractivity contribution in [3.05, 3.63) is 0 Å². The number of carbonyl (C=O) groups is 1. The van der Waals surface area contributed by atoms with Crippen molar-refractivity contribution in [1.29, 1.82) is 0 Å². The number of carbonyl (C=O) groups excluding carboxylic acids is 1. The van der Waals surface area contributed by atoms with Gasteiger partial charge in [-0.2, -0.15) is 0 Å².